The van der Waals surface area contributed by atoms with Gasteiger partial charge in [-0.15, -0.1) is 11.3 Å². The van der Waals surface area contributed by atoms with Gasteiger partial charge in [-0.2, -0.15) is 0 Å². The minimum Gasteiger partial charge on any atom is -0.350 e. The molecule has 1 fully saturated rings. The van der Waals surface area contributed by atoms with Crippen LogP contribution in [0.15, 0.2) is 44.8 Å². The molecule has 0 N–H and O–H groups in total. The topological polar surface area (TPSA) is 35.5 Å². The van der Waals surface area contributed by atoms with Gasteiger partial charge in [0.1, 0.15) is 0 Å². The number of thiophene rings is 1. The standard InChI is InChI=1S/C21H26O3S2/c1-5-21(6-2)23-12-11-20(4,24-21)17-13-19(25-14-17)26-18-9-7-16(8-10-18)15(3)22/h7-10,13-14H,5-6,11-12H2,1-4H3. The number of hydrogen-bond acceptors (Lipinski definition) is 5. The Kier molecular flexibility index (Phi) is 5.92. The zero-order valence-corrected chi connectivity index (χ0v) is 17.5. The summed E-state index contributed by atoms with van der Waals surface area (Å²) in [4.78, 5) is 12.5. The van der Waals surface area contributed by atoms with Gasteiger partial charge in [0, 0.05) is 16.9 Å². The van der Waals surface area contributed by atoms with Crippen molar-refractivity contribution in [2.24, 2.45) is 0 Å². The highest BCUT2D eigenvalue weighted by molar-refractivity contribution is 8.01. The zero-order chi connectivity index (χ0) is 18.8. The normalized spacial score (nSPS) is 22.3. The van der Waals surface area contributed by atoms with E-state index >= 15 is 0 Å². The number of carbonyl (C=O) groups is 1. The second kappa shape index (κ2) is 7.85. The lowest BCUT2D eigenvalue weighted by atomic mass is 9.92. The van der Waals surface area contributed by atoms with Crippen molar-refractivity contribution >= 4 is 28.9 Å². The van der Waals surface area contributed by atoms with Crippen LogP contribution in [-0.4, -0.2) is 18.2 Å². The molecule has 1 aliphatic rings. The summed E-state index contributed by atoms with van der Waals surface area (Å²) >= 11 is 3.46. The Labute approximate surface area is 164 Å². The van der Waals surface area contributed by atoms with Crippen molar-refractivity contribution in [1.82, 2.24) is 0 Å². The van der Waals surface area contributed by atoms with E-state index in [0.29, 0.717) is 0 Å². The molecule has 0 saturated carbocycles. The van der Waals surface area contributed by atoms with Crippen LogP contribution in [0.4, 0.5) is 0 Å². The Balaban J connectivity index is 1.75. The van der Waals surface area contributed by atoms with Gasteiger partial charge in [-0.1, -0.05) is 37.7 Å². The summed E-state index contributed by atoms with van der Waals surface area (Å²) in [6.07, 6.45) is 2.57. The molecule has 1 aliphatic heterocycles. The SMILES string of the molecule is CCC1(CC)OCCC(C)(c2csc(Sc3ccc(C(C)=O)cc3)c2)O1. The first-order valence-electron chi connectivity index (χ1n) is 9.12. The summed E-state index contributed by atoms with van der Waals surface area (Å²) in [5.74, 6) is -0.370. The number of rotatable bonds is 6. The van der Waals surface area contributed by atoms with Gasteiger partial charge >= 0.3 is 0 Å². The van der Waals surface area contributed by atoms with Crippen LogP contribution in [0, 0.1) is 0 Å². The molecule has 2 heterocycles. The van der Waals surface area contributed by atoms with Gasteiger partial charge in [0.25, 0.3) is 0 Å². The zero-order valence-electron chi connectivity index (χ0n) is 15.8. The third kappa shape index (κ3) is 4.06. The summed E-state index contributed by atoms with van der Waals surface area (Å²) < 4.78 is 13.7. The number of carbonyl (C=O) groups excluding carboxylic acids is 1. The van der Waals surface area contributed by atoms with Crippen LogP contribution in [0.1, 0.15) is 62.9 Å². The van der Waals surface area contributed by atoms with Crippen molar-refractivity contribution in [2.45, 2.75) is 67.5 Å². The first-order chi connectivity index (χ1) is 12.4. The number of ether oxygens (including phenoxy) is 2. The minimum absolute atomic E-state index is 0.0971. The lowest BCUT2D eigenvalue weighted by Crippen LogP contribution is -2.48. The van der Waals surface area contributed by atoms with Crippen LogP contribution in [0.25, 0.3) is 0 Å². The molecule has 1 aromatic carbocycles. The van der Waals surface area contributed by atoms with Gasteiger partial charge in [-0.3, -0.25) is 4.79 Å². The lowest BCUT2D eigenvalue weighted by Gasteiger charge is -2.46. The summed E-state index contributed by atoms with van der Waals surface area (Å²) in [6.45, 7) is 8.73. The molecular weight excluding hydrogens is 364 g/mol. The average Bonchev–Trinajstić information content (AvgIpc) is 3.11. The third-order valence-electron chi connectivity index (χ3n) is 5.10. The molecule has 0 amide bonds. The molecule has 2 aromatic rings. The summed E-state index contributed by atoms with van der Waals surface area (Å²) in [6, 6.07) is 10.0. The number of ketones is 1. The largest absolute Gasteiger partial charge is 0.350 e. The van der Waals surface area contributed by atoms with Crippen LogP contribution < -0.4 is 0 Å². The molecule has 140 valence electrons. The number of hydrogen-bond donors (Lipinski definition) is 0. The van der Waals surface area contributed by atoms with E-state index in [0.717, 1.165) is 36.3 Å². The Hall–Kier alpha value is -1.14. The van der Waals surface area contributed by atoms with E-state index in [4.69, 9.17) is 9.47 Å². The van der Waals surface area contributed by atoms with Gasteiger partial charge in [-0.25, -0.2) is 0 Å². The van der Waals surface area contributed by atoms with Crippen LogP contribution in [0.5, 0.6) is 0 Å². The Bertz CT molecular complexity index is 762. The minimum atomic E-state index is -0.467. The molecule has 0 spiro atoms. The van der Waals surface area contributed by atoms with Crippen molar-refractivity contribution < 1.29 is 14.3 Å². The maximum absolute atomic E-state index is 11.4. The Morgan fingerprint density at radius 1 is 1.23 bits per heavy atom. The number of Topliss-reactive ketones (excluding diaryl/α,β-unsaturated/α-hetero) is 1. The van der Waals surface area contributed by atoms with Gasteiger partial charge in [-0.05, 0) is 55.8 Å². The molecule has 5 heteroatoms. The maximum Gasteiger partial charge on any atom is 0.168 e. The highest BCUT2D eigenvalue weighted by Gasteiger charge is 2.43. The van der Waals surface area contributed by atoms with Crippen molar-refractivity contribution in [1.29, 1.82) is 0 Å². The fourth-order valence-electron chi connectivity index (χ4n) is 3.25. The Morgan fingerprint density at radius 3 is 2.54 bits per heavy atom. The molecule has 1 aromatic heterocycles. The fraction of sp³-hybridized carbons (Fsp3) is 0.476. The van der Waals surface area contributed by atoms with Crippen molar-refractivity contribution in [3.63, 3.8) is 0 Å². The average molecular weight is 391 g/mol. The van der Waals surface area contributed by atoms with Crippen LogP contribution in [-0.2, 0) is 15.1 Å². The van der Waals surface area contributed by atoms with E-state index < -0.39 is 5.79 Å². The Morgan fingerprint density at radius 2 is 1.92 bits per heavy atom. The monoisotopic (exact) mass is 390 g/mol. The maximum atomic E-state index is 11.4. The van der Waals surface area contributed by atoms with Gasteiger partial charge in [0.05, 0.1) is 16.4 Å². The smallest absolute Gasteiger partial charge is 0.168 e. The highest BCUT2D eigenvalue weighted by Crippen LogP contribution is 2.44. The van der Waals surface area contributed by atoms with E-state index in [1.807, 2.05) is 24.3 Å². The van der Waals surface area contributed by atoms with Crippen LogP contribution >= 0.6 is 23.1 Å². The number of benzene rings is 1. The first-order valence-corrected chi connectivity index (χ1v) is 10.8. The molecule has 1 unspecified atom stereocenters. The molecule has 3 nitrogen and oxygen atoms in total. The predicted octanol–water partition coefficient (Wildman–Crippen LogP) is 6.27. The molecule has 26 heavy (non-hydrogen) atoms. The summed E-state index contributed by atoms with van der Waals surface area (Å²) in [5, 5.41) is 2.20. The van der Waals surface area contributed by atoms with Crippen molar-refractivity contribution in [3.05, 3.63) is 46.8 Å². The second-order valence-electron chi connectivity index (χ2n) is 6.89. The van der Waals surface area contributed by atoms with Crippen molar-refractivity contribution in [3.8, 4) is 0 Å². The highest BCUT2D eigenvalue weighted by atomic mass is 32.2. The van der Waals surface area contributed by atoms with Crippen LogP contribution in [0.2, 0.25) is 0 Å². The molecule has 1 saturated heterocycles. The summed E-state index contributed by atoms with van der Waals surface area (Å²) in [7, 11) is 0. The molecule has 0 bridgehead atoms. The van der Waals surface area contributed by atoms with E-state index in [-0.39, 0.29) is 11.4 Å². The molecule has 0 aliphatic carbocycles. The molecular formula is C21H26O3S2. The van der Waals surface area contributed by atoms with Gasteiger partial charge in [0.2, 0.25) is 0 Å². The van der Waals surface area contributed by atoms with Gasteiger partial charge < -0.3 is 9.47 Å². The third-order valence-corrected chi connectivity index (χ3v) is 7.19. The fourth-order valence-corrected chi connectivity index (χ4v) is 5.32. The molecule has 0 radical (unpaired) electrons. The lowest BCUT2D eigenvalue weighted by molar-refractivity contribution is -0.330. The van der Waals surface area contributed by atoms with Gasteiger partial charge in [0.15, 0.2) is 11.6 Å². The van der Waals surface area contributed by atoms with Crippen molar-refractivity contribution in [2.75, 3.05) is 6.61 Å². The van der Waals surface area contributed by atoms with E-state index in [1.54, 1.807) is 30.0 Å². The quantitative estimate of drug-likeness (QED) is 0.545. The molecule has 3 rings (SSSR count). The van der Waals surface area contributed by atoms with Crippen LogP contribution in [0.3, 0.4) is 0 Å². The molecule has 1 atom stereocenters. The second-order valence-corrected chi connectivity index (χ2v) is 9.17. The summed E-state index contributed by atoms with van der Waals surface area (Å²) in [5.41, 5.74) is 1.66. The first kappa shape index (κ1) is 19.6. The predicted molar refractivity (Wildman–Crippen MR) is 107 cm³/mol. The van der Waals surface area contributed by atoms with E-state index in [1.165, 1.54) is 9.77 Å². The van der Waals surface area contributed by atoms with E-state index in [9.17, 15) is 4.79 Å². The van der Waals surface area contributed by atoms with E-state index in [2.05, 4.69) is 32.2 Å².